The molecule has 0 fully saturated rings. The number of amides is 1. The molecule has 0 saturated heterocycles. The van der Waals surface area contributed by atoms with Crippen LogP contribution in [-0.4, -0.2) is 26.0 Å². The highest BCUT2D eigenvalue weighted by atomic mass is 16.1. The summed E-state index contributed by atoms with van der Waals surface area (Å²) in [7, 11) is 0. The highest BCUT2D eigenvalue weighted by Crippen LogP contribution is 2.16. The van der Waals surface area contributed by atoms with Gasteiger partial charge < -0.3 is 11.1 Å². The molecule has 2 aromatic heterocycles. The first-order chi connectivity index (χ1) is 9.26. The summed E-state index contributed by atoms with van der Waals surface area (Å²) in [5.74, 6) is 0.382. The number of carbonyl (C=O) groups is 1. The lowest BCUT2D eigenvalue weighted by Gasteiger charge is -2.20. The molecule has 20 heavy (non-hydrogen) atoms. The fraction of sp³-hybridized carbons (Fsp3) is 0.500. The molecule has 2 heterocycles. The second-order valence-corrected chi connectivity index (χ2v) is 5.97. The van der Waals surface area contributed by atoms with E-state index in [9.17, 15) is 4.79 Å². The van der Waals surface area contributed by atoms with E-state index in [1.54, 1.807) is 4.57 Å². The molecule has 0 aliphatic rings. The quantitative estimate of drug-likeness (QED) is 0.891. The van der Waals surface area contributed by atoms with Crippen LogP contribution in [0.2, 0.25) is 0 Å². The molecule has 0 saturated carbocycles. The Labute approximate surface area is 118 Å². The number of aryl methyl sites for hydroxylation is 2. The average molecular weight is 275 g/mol. The zero-order chi connectivity index (χ0) is 14.9. The van der Waals surface area contributed by atoms with Crippen LogP contribution in [0.4, 0.5) is 5.95 Å². The van der Waals surface area contributed by atoms with E-state index in [1.165, 1.54) is 0 Å². The van der Waals surface area contributed by atoms with Gasteiger partial charge in [0.1, 0.15) is 5.52 Å². The van der Waals surface area contributed by atoms with Gasteiger partial charge in [-0.3, -0.25) is 9.36 Å². The number of nitrogens with one attached hydrogen (secondary N) is 1. The summed E-state index contributed by atoms with van der Waals surface area (Å²) in [6.07, 6.45) is 0.350. The number of rotatable bonds is 3. The van der Waals surface area contributed by atoms with Crippen LogP contribution in [-0.2, 0) is 11.3 Å². The normalized spacial score (nSPS) is 11.8. The maximum atomic E-state index is 11.9. The SMILES string of the molecule is Cc1ccc2nc(N)n(CCC(=O)NC(C)(C)C)c2n1. The van der Waals surface area contributed by atoms with Crippen molar-refractivity contribution < 1.29 is 4.79 Å². The van der Waals surface area contributed by atoms with E-state index in [-0.39, 0.29) is 11.4 Å². The summed E-state index contributed by atoms with van der Waals surface area (Å²) in [5.41, 5.74) is 8.05. The molecule has 3 N–H and O–H groups in total. The van der Waals surface area contributed by atoms with Gasteiger partial charge in [0.15, 0.2) is 5.65 Å². The number of hydrogen-bond acceptors (Lipinski definition) is 4. The summed E-state index contributed by atoms with van der Waals surface area (Å²) in [6.45, 7) is 8.25. The summed E-state index contributed by atoms with van der Waals surface area (Å²) >= 11 is 0. The van der Waals surface area contributed by atoms with Crippen molar-refractivity contribution in [3.63, 3.8) is 0 Å². The van der Waals surface area contributed by atoms with Gasteiger partial charge in [-0.1, -0.05) is 0 Å². The third-order valence-corrected chi connectivity index (χ3v) is 2.84. The van der Waals surface area contributed by atoms with E-state index >= 15 is 0 Å². The topological polar surface area (TPSA) is 85.8 Å². The first-order valence-electron chi connectivity index (χ1n) is 6.66. The predicted octanol–water partition coefficient (Wildman–Crippen LogP) is 1.63. The van der Waals surface area contributed by atoms with E-state index < -0.39 is 0 Å². The number of pyridine rings is 1. The van der Waals surface area contributed by atoms with Gasteiger partial charge in [-0.2, -0.15) is 0 Å². The molecule has 0 unspecified atom stereocenters. The Kier molecular flexibility index (Phi) is 3.65. The Morgan fingerprint density at radius 2 is 2.05 bits per heavy atom. The molecule has 0 spiro atoms. The lowest BCUT2D eigenvalue weighted by Crippen LogP contribution is -2.40. The number of anilines is 1. The van der Waals surface area contributed by atoms with E-state index in [0.29, 0.717) is 18.9 Å². The van der Waals surface area contributed by atoms with E-state index in [4.69, 9.17) is 5.73 Å². The van der Waals surface area contributed by atoms with Gasteiger partial charge >= 0.3 is 0 Å². The molecule has 0 bridgehead atoms. The summed E-state index contributed by atoms with van der Waals surface area (Å²) in [5, 5.41) is 2.93. The van der Waals surface area contributed by atoms with Crippen molar-refractivity contribution >= 4 is 23.0 Å². The van der Waals surface area contributed by atoms with Crippen molar-refractivity contribution in [3.8, 4) is 0 Å². The van der Waals surface area contributed by atoms with Gasteiger partial charge in [0, 0.05) is 24.2 Å². The molecule has 0 aliphatic carbocycles. The molecule has 0 radical (unpaired) electrons. The first kappa shape index (κ1) is 14.3. The van der Waals surface area contributed by atoms with Gasteiger partial charge in [0.05, 0.1) is 0 Å². The van der Waals surface area contributed by atoms with Crippen molar-refractivity contribution in [2.24, 2.45) is 0 Å². The summed E-state index contributed by atoms with van der Waals surface area (Å²) in [4.78, 5) is 20.6. The Morgan fingerprint density at radius 3 is 2.70 bits per heavy atom. The lowest BCUT2D eigenvalue weighted by molar-refractivity contribution is -0.122. The van der Waals surface area contributed by atoms with Crippen LogP contribution in [0, 0.1) is 6.92 Å². The average Bonchev–Trinajstić information content (AvgIpc) is 2.59. The molecule has 6 heteroatoms. The number of nitrogens with zero attached hydrogens (tertiary/aromatic N) is 3. The maximum absolute atomic E-state index is 11.9. The Balaban J connectivity index is 2.16. The Morgan fingerprint density at radius 1 is 1.35 bits per heavy atom. The smallest absolute Gasteiger partial charge is 0.222 e. The number of hydrogen-bond donors (Lipinski definition) is 2. The number of aromatic nitrogens is 3. The molecule has 6 nitrogen and oxygen atoms in total. The minimum absolute atomic E-state index is 0.00796. The highest BCUT2D eigenvalue weighted by Gasteiger charge is 2.15. The maximum Gasteiger partial charge on any atom is 0.222 e. The van der Waals surface area contributed by atoms with E-state index in [0.717, 1.165) is 16.9 Å². The fourth-order valence-corrected chi connectivity index (χ4v) is 2.03. The summed E-state index contributed by atoms with van der Waals surface area (Å²) < 4.78 is 1.78. The number of nitrogens with two attached hydrogens (primary N) is 1. The molecule has 0 atom stereocenters. The van der Waals surface area contributed by atoms with Gasteiger partial charge in [-0.25, -0.2) is 9.97 Å². The largest absolute Gasteiger partial charge is 0.369 e. The van der Waals surface area contributed by atoms with E-state index in [2.05, 4.69) is 15.3 Å². The third kappa shape index (κ3) is 3.26. The number of carbonyl (C=O) groups excluding carboxylic acids is 1. The van der Waals surface area contributed by atoms with Crippen LogP contribution >= 0.6 is 0 Å². The molecular formula is C14H21N5O. The highest BCUT2D eigenvalue weighted by molar-refractivity contribution is 5.78. The van der Waals surface area contributed by atoms with Crippen molar-refractivity contribution in [2.75, 3.05) is 5.73 Å². The van der Waals surface area contributed by atoms with Crippen LogP contribution in [0.5, 0.6) is 0 Å². The minimum Gasteiger partial charge on any atom is -0.369 e. The van der Waals surface area contributed by atoms with Crippen LogP contribution in [0.1, 0.15) is 32.9 Å². The number of nitrogen functional groups attached to an aromatic ring is 1. The molecule has 2 aromatic rings. The zero-order valence-electron chi connectivity index (χ0n) is 12.4. The zero-order valence-corrected chi connectivity index (χ0v) is 12.4. The standard InChI is InChI=1S/C14H21N5O/c1-9-5-6-10-12(16-9)19(13(15)17-10)8-7-11(20)18-14(2,3)4/h5-6H,7-8H2,1-4H3,(H2,15,17)(H,18,20). The van der Waals surface area contributed by atoms with Gasteiger partial charge in [0.2, 0.25) is 11.9 Å². The second kappa shape index (κ2) is 5.11. The van der Waals surface area contributed by atoms with Crippen molar-refractivity contribution in [2.45, 2.75) is 46.2 Å². The first-order valence-corrected chi connectivity index (χ1v) is 6.66. The molecule has 0 aliphatic heterocycles. The molecule has 2 rings (SSSR count). The third-order valence-electron chi connectivity index (χ3n) is 2.84. The molecule has 1 amide bonds. The van der Waals surface area contributed by atoms with Crippen molar-refractivity contribution in [1.82, 2.24) is 19.9 Å². The second-order valence-electron chi connectivity index (χ2n) is 5.97. The lowest BCUT2D eigenvalue weighted by atomic mass is 10.1. The van der Waals surface area contributed by atoms with Crippen LogP contribution < -0.4 is 11.1 Å². The van der Waals surface area contributed by atoms with Crippen LogP contribution in [0.25, 0.3) is 11.2 Å². The van der Waals surface area contributed by atoms with E-state index in [1.807, 2.05) is 39.8 Å². The molecule has 108 valence electrons. The fourth-order valence-electron chi connectivity index (χ4n) is 2.03. The molecule has 0 aromatic carbocycles. The predicted molar refractivity (Wildman–Crippen MR) is 79.2 cm³/mol. The van der Waals surface area contributed by atoms with Crippen LogP contribution in [0.15, 0.2) is 12.1 Å². The van der Waals surface area contributed by atoms with Gasteiger partial charge in [-0.05, 0) is 39.8 Å². The number of fused-ring (bicyclic) bond motifs is 1. The Hall–Kier alpha value is -2.11. The summed E-state index contributed by atoms with van der Waals surface area (Å²) in [6, 6.07) is 3.78. The van der Waals surface area contributed by atoms with Crippen molar-refractivity contribution in [1.29, 1.82) is 0 Å². The van der Waals surface area contributed by atoms with Crippen molar-refractivity contribution in [3.05, 3.63) is 17.8 Å². The van der Waals surface area contributed by atoms with Gasteiger partial charge in [-0.15, -0.1) is 0 Å². The minimum atomic E-state index is -0.228. The monoisotopic (exact) mass is 275 g/mol. The number of imidazole rings is 1. The van der Waals surface area contributed by atoms with Crippen LogP contribution in [0.3, 0.4) is 0 Å². The Bertz CT molecular complexity index is 639. The molecular weight excluding hydrogens is 254 g/mol. The van der Waals surface area contributed by atoms with Gasteiger partial charge in [0.25, 0.3) is 0 Å².